The highest BCUT2D eigenvalue weighted by atomic mass is 16.5. The molecule has 2 unspecified atom stereocenters. The maximum atomic E-state index is 9.22. The minimum atomic E-state index is 0.339. The molecule has 2 aliphatic rings. The second-order valence-electron chi connectivity index (χ2n) is 4.82. The Labute approximate surface area is 95.6 Å². The third-order valence-corrected chi connectivity index (χ3v) is 3.46. The van der Waals surface area contributed by atoms with E-state index in [0.717, 1.165) is 19.6 Å². The van der Waals surface area contributed by atoms with E-state index in [1.807, 2.05) is 12.1 Å². The van der Waals surface area contributed by atoms with E-state index in [1.54, 1.807) is 12.1 Å². The average Bonchev–Trinajstić information content (AvgIpc) is 2.62. The highest BCUT2D eigenvalue weighted by molar-refractivity contribution is 5.25. The lowest BCUT2D eigenvalue weighted by Gasteiger charge is -2.32. The van der Waals surface area contributed by atoms with Gasteiger partial charge in [0, 0.05) is 19.6 Å². The van der Waals surface area contributed by atoms with Crippen LogP contribution in [0.2, 0.25) is 0 Å². The number of likely N-dealkylation sites (tertiary alicyclic amines) is 1. The number of nitrogens with zero attached hydrogens (tertiary/aromatic N) is 1. The molecule has 0 aromatic heterocycles. The number of morpholine rings is 1. The number of hydrogen-bond acceptors (Lipinski definition) is 3. The van der Waals surface area contributed by atoms with Crippen molar-refractivity contribution in [3.63, 3.8) is 0 Å². The monoisotopic (exact) mass is 219 g/mol. The molecule has 2 bridgehead atoms. The van der Waals surface area contributed by atoms with Crippen LogP contribution in [-0.2, 0) is 11.3 Å². The van der Waals surface area contributed by atoms with Gasteiger partial charge in [0.05, 0.1) is 12.2 Å². The first-order valence-electron chi connectivity index (χ1n) is 5.95. The fourth-order valence-electron chi connectivity index (χ4n) is 2.69. The molecule has 86 valence electrons. The smallest absolute Gasteiger partial charge is 0.115 e. The van der Waals surface area contributed by atoms with E-state index in [4.69, 9.17) is 4.74 Å². The molecule has 2 heterocycles. The van der Waals surface area contributed by atoms with Gasteiger partial charge < -0.3 is 9.84 Å². The Balaban J connectivity index is 1.64. The quantitative estimate of drug-likeness (QED) is 0.822. The highest BCUT2D eigenvalue weighted by Gasteiger charge is 2.33. The molecule has 3 heteroatoms. The molecule has 1 aromatic carbocycles. The maximum Gasteiger partial charge on any atom is 0.115 e. The van der Waals surface area contributed by atoms with Gasteiger partial charge in [0.2, 0.25) is 0 Å². The first-order chi connectivity index (χ1) is 7.79. The minimum Gasteiger partial charge on any atom is -0.508 e. The Morgan fingerprint density at radius 1 is 1.12 bits per heavy atom. The minimum absolute atomic E-state index is 0.339. The zero-order valence-corrected chi connectivity index (χ0v) is 9.30. The van der Waals surface area contributed by atoms with Crippen LogP contribution in [0, 0.1) is 0 Å². The molecule has 2 atom stereocenters. The van der Waals surface area contributed by atoms with E-state index in [9.17, 15) is 5.11 Å². The van der Waals surface area contributed by atoms with Crippen LogP contribution in [0.3, 0.4) is 0 Å². The molecule has 2 aliphatic heterocycles. The molecular formula is C13H17NO2. The van der Waals surface area contributed by atoms with Gasteiger partial charge >= 0.3 is 0 Å². The van der Waals surface area contributed by atoms with Gasteiger partial charge in [0.15, 0.2) is 0 Å². The van der Waals surface area contributed by atoms with Crippen molar-refractivity contribution in [3.05, 3.63) is 29.8 Å². The molecule has 2 saturated heterocycles. The summed E-state index contributed by atoms with van der Waals surface area (Å²) in [5.41, 5.74) is 1.26. The van der Waals surface area contributed by atoms with Gasteiger partial charge in [-0.2, -0.15) is 0 Å². The Bertz CT molecular complexity index is 351. The fourth-order valence-corrected chi connectivity index (χ4v) is 2.69. The van der Waals surface area contributed by atoms with Gasteiger partial charge in [-0.3, -0.25) is 4.90 Å². The lowest BCUT2D eigenvalue weighted by Crippen LogP contribution is -2.41. The van der Waals surface area contributed by atoms with Gasteiger partial charge in [-0.1, -0.05) is 12.1 Å². The summed E-state index contributed by atoms with van der Waals surface area (Å²) in [6, 6.07) is 7.49. The number of phenolic OH excluding ortho intramolecular Hbond substituents is 1. The van der Waals surface area contributed by atoms with E-state index in [1.165, 1.54) is 18.4 Å². The van der Waals surface area contributed by atoms with Crippen LogP contribution in [0.25, 0.3) is 0 Å². The molecule has 0 saturated carbocycles. The fraction of sp³-hybridized carbons (Fsp3) is 0.538. The summed E-state index contributed by atoms with van der Waals surface area (Å²) in [5, 5.41) is 9.22. The molecule has 16 heavy (non-hydrogen) atoms. The van der Waals surface area contributed by atoms with E-state index in [0.29, 0.717) is 18.0 Å². The number of rotatable bonds is 2. The number of hydrogen-bond donors (Lipinski definition) is 1. The third kappa shape index (κ3) is 2.06. The lowest BCUT2D eigenvalue weighted by molar-refractivity contribution is -0.0410. The van der Waals surface area contributed by atoms with E-state index in [2.05, 4.69) is 4.90 Å². The van der Waals surface area contributed by atoms with Crippen LogP contribution in [0.5, 0.6) is 5.75 Å². The second-order valence-corrected chi connectivity index (χ2v) is 4.82. The molecule has 3 nitrogen and oxygen atoms in total. The van der Waals surface area contributed by atoms with Crippen molar-refractivity contribution in [2.24, 2.45) is 0 Å². The molecular weight excluding hydrogens is 202 g/mol. The third-order valence-electron chi connectivity index (χ3n) is 3.46. The van der Waals surface area contributed by atoms with Crippen molar-refractivity contribution >= 4 is 0 Å². The summed E-state index contributed by atoms with van der Waals surface area (Å²) in [6.07, 6.45) is 3.35. The predicted octanol–water partition coefficient (Wildman–Crippen LogP) is 1.76. The summed E-state index contributed by atoms with van der Waals surface area (Å²) in [6.45, 7) is 3.07. The van der Waals surface area contributed by atoms with Crippen molar-refractivity contribution in [2.75, 3.05) is 13.1 Å². The normalized spacial score (nSPS) is 29.5. The first-order valence-corrected chi connectivity index (χ1v) is 5.95. The number of phenols is 1. The van der Waals surface area contributed by atoms with Crippen LogP contribution >= 0.6 is 0 Å². The van der Waals surface area contributed by atoms with E-state index in [-0.39, 0.29) is 0 Å². The lowest BCUT2D eigenvalue weighted by atomic mass is 10.2. The number of fused-ring (bicyclic) bond motifs is 2. The molecule has 0 spiro atoms. The predicted molar refractivity (Wildman–Crippen MR) is 61.3 cm³/mol. The molecule has 0 aliphatic carbocycles. The molecule has 2 fully saturated rings. The topological polar surface area (TPSA) is 32.7 Å². The van der Waals surface area contributed by atoms with Crippen molar-refractivity contribution in [3.8, 4) is 5.75 Å². The Hall–Kier alpha value is -1.06. The van der Waals surface area contributed by atoms with E-state index < -0.39 is 0 Å². The van der Waals surface area contributed by atoms with Gasteiger partial charge in [-0.05, 0) is 30.5 Å². The van der Waals surface area contributed by atoms with Crippen LogP contribution in [-0.4, -0.2) is 35.3 Å². The van der Waals surface area contributed by atoms with Gasteiger partial charge in [0.25, 0.3) is 0 Å². The molecule has 0 radical (unpaired) electrons. The zero-order valence-electron chi connectivity index (χ0n) is 9.30. The molecule has 0 amide bonds. The van der Waals surface area contributed by atoms with Crippen LogP contribution < -0.4 is 0 Å². The van der Waals surface area contributed by atoms with Gasteiger partial charge in [-0.25, -0.2) is 0 Å². The Kier molecular flexibility index (Phi) is 2.58. The van der Waals surface area contributed by atoms with Crippen molar-refractivity contribution in [2.45, 2.75) is 31.6 Å². The Morgan fingerprint density at radius 2 is 1.75 bits per heavy atom. The Morgan fingerprint density at radius 3 is 2.38 bits per heavy atom. The van der Waals surface area contributed by atoms with Gasteiger partial charge in [0.1, 0.15) is 5.75 Å². The number of aromatic hydroxyl groups is 1. The molecule has 3 rings (SSSR count). The van der Waals surface area contributed by atoms with Crippen LogP contribution in [0.1, 0.15) is 18.4 Å². The summed E-state index contributed by atoms with van der Waals surface area (Å²) in [4.78, 5) is 2.46. The second kappa shape index (κ2) is 4.07. The van der Waals surface area contributed by atoms with Gasteiger partial charge in [-0.15, -0.1) is 0 Å². The summed E-state index contributed by atoms with van der Waals surface area (Å²) < 4.78 is 5.80. The summed E-state index contributed by atoms with van der Waals surface area (Å²) in [5.74, 6) is 0.339. The molecule has 1 N–H and O–H groups in total. The standard InChI is InChI=1S/C13H17NO2/c15-11-3-1-10(2-4-11)7-14-8-12-5-6-13(9-14)16-12/h1-4,12-13,15H,5-9H2. The summed E-state index contributed by atoms with van der Waals surface area (Å²) >= 11 is 0. The van der Waals surface area contributed by atoms with Crippen LogP contribution in [0.15, 0.2) is 24.3 Å². The van der Waals surface area contributed by atoms with Crippen molar-refractivity contribution < 1.29 is 9.84 Å². The van der Waals surface area contributed by atoms with Crippen molar-refractivity contribution in [1.29, 1.82) is 0 Å². The van der Waals surface area contributed by atoms with E-state index >= 15 is 0 Å². The molecule has 1 aromatic rings. The SMILES string of the molecule is Oc1ccc(CN2CC3CCC(C2)O3)cc1. The number of ether oxygens (including phenoxy) is 1. The summed E-state index contributed by atoms with van der Waals surface area (Å²) in [7, 11) is 0. The van der Waals surface area contributed by atoms with Crippen molar-refractivity contribution in [1.82, 2.24) is 4.90 Å². The maximum absolute atomic E-state index is 9.22. The average molecular weight is 219 g/mol. The number of benzene rings is 1. The largest absolute Gasteiger partial charge is 0.508 e. The van der Waals surface area contributed by atoms with Crippen LogP contribution in [0.4, 0.5) is 0 Å². The first kappa shape index (κ1) is 10.1. The zero-order chi connectivity index (χ0) is 11.0. The highest BCUT2D eigenvalue weighted by Crippen LogP contribution is 2.27.